The van der Waals surface area contributed by atoms with Gasteiger partial charge in [-0.25, -0.2) is 0 Å². The zero-order valence-corrected chi connectivity index (χ0v) is 8.67. The molecule has 1 heterocycles. The van der Waals surface area contributed by atoms with Crippen LogP contribution in [-0.4, -0.2) is 29.9 Å². The molecule has 1 amide bonds. The molecule has 79 valence electrons. The van der Waals surface area contributed by atoms with Crippen LogP contribution in [0, 0.1) is 5.92 Å². The first kappa shape index (κ1) is 9.97. The molecule has 1 aliphatic carbocycles. The predicted octanol–water partition coefficient (Wildman–Crippen LogP) is 1.45. The predicted molar refractivity (Wildman–Crippen MR) is 54.7 cm³/mol. The van der Waals surface area contributed by atoms with Crippen LogP contribution in [0.15, 0.2) is 0 Å². The lowest BCUT2D eigenvalue weighted by atomic mass is 9.85. The van der Waals surface area contributed by atoms with Crippen molar-refractivity contribution in [2.45, 2.75) is 44.6 Å². The van der Waals surface area contributed by atoms with Crippen LogP contribution < -0.4 is 5.73 Å². The summed E-state index contributed by atoms with van der Waals surface area (Å²) in [7, 11) is 0. The molecule has 3 nitrogen and oxygen atoms in total. The number of carbonyl (C=O) groups excluding carboxylic acids is 1. The third-order valence-electron chi connectivity index (χ3n) is 3.49. The lowest BCUT2D eigenvalue weighted by molar-refractivity contribution is -0.135. The van der Waals surface area contributed by atoms with E-state index in [-0.39, 0.29) is 12.0 Å². The zero-order valence-electron chi connectivity index (χ0n) is 8.67. The highest BCUT2D eigenvalue weighted by Crippen LogP contribution is 2.26. The Morgan fingerprint density at radius 1 is 1.07 bits per heavy atom. The van der Waals surface area contributed by atoms with Crippen molar-refractivity contribution in [3.63, 3.8) is 0 Å². The molecule has 2 fully saturated rings. The lowest BCUT2D eigenvalue weighted by Gasteiger charge is -2.28. The molecule has 1 aliphatic heterocycles. The van der Waals surface area contributed by atoms with Gasteiger partial charge in [0.1, 0.15) is 0 Å². The number of carbonyl (C=O) groups is 1. The third kappa shape index (κ3) is 2.08. The van der Waals surface area contributed by atoms with Crippen molar-refractivity contribution in [2.75, 3.05) is 13.1 Å². The number of likely N-dealkylation sites (tertiary alicyclic amines) is 1. The lowest BCUT2D eigenvalue weighted by Crippen LogP contribution is -2.36. The first-order valence-corrected chi connectivity index (χ1v) is 5.77. The highest BCUT2D eigenvalue weighted by molar-refractivity contribution is 5.79. The topological polar surface area (TPSA) is 44.1 Å². The second-order valence-corrected chi connectivity index (χ2v) is 4.58. The van der Waals surface area contributed by atoms with Crippen molar-refractivity contribution < 1.29 is 4.79 Å². The summed E-state index contributed by atoms with van der Waals surface area (Å²) in [6.45, 7) is 1.94. The quantitative estimate of drug-likeness (QED) is 0.624. The molecule has 1 radical (unpaired) electrons. The van der Waals surface area contributed by atoms with Crippen molar-refractivity contribution >= 4 is 5.91 Å². The van der Waals surface area contributed by atoms with Crippen molar-refractivity contribution in [1.82, 2.24) is 10.6 Å². The summed E-state index contributed by atoms with van der Waals surface area (Å²) in [5, 5.41) is 0. The van der Waals surface area contributed by atoms with E-state index < -0.39 is 0 Å². The maximum absolute atomic E-state index is 12.0. The first-order valence-electron chi connectivity index (χ1n) is 5.77. The highest BCUT2D eigenvalue weighted by atomic mass is 16.2. The Morgan fingerprint density at radius 3 is 2.21 bits per heavy atom. The Balaban J connectivity index is 1.85. The molecule has 0 aromatic carbocycles. The fourth-order valence-corrected chi connectivity index (χ4v) is 2.54. The minimum Gasteiger partial charge on any atom is -0.342 e. The molecular formula is C11H19N2O. The minimum atomic E-state index is 0.0950. The van der Waals surface area contributed by atoms with Gasteiger partial charge in [0, 0.05) is 25.0 Å². The van der Waals surface area contributed by atoms with Crippen LogP contribution in [0.4, 0.5) is 0 Å². The molecule has 0 atom stereocenters. The fraction of sp³-hybridized carbons (Fsp3) is 0.909. The van der Waals surface area contributed by atoms with Gasteiger partial charge in [0.05, 0.1) is 0 Å². The average Bonchev–Trinajstić information content (AvgIpc) is 2.71. The number of nitrogens with zero attached hydrogens (tertiary/aromatic N) is 1. The van der Waals surface area contributed by atoms with E-state index in [0.29, 0.717) is 5.91 Å². The monoisotopic (exact) mass is 195 g/mol. The summed E-state index contributed by atoms with van der Waals surface area (Å²) in [5.41, 5.74) is 7.59. The summed E-state index contributed by atoms with van der Waals surface area (Å²) in [4.78, 5) is 14.0. The van der Waals surface area contributed by atoms with Gasteiger partial charge in [-0.1, -0.05) is 0 Å². The third-order valence-corrected chi connectivity index (χ3v) is 3.49. The van der Waals surface area contributed by atoms with E-state index in [1.807, 2.05) is 4.90 Å². The summed E-state index contributed by atoms with van der Waals surface area (Å²) in [6.07, 6.45) is 6.10. The van der Waals surface area contributed by atoms with Crippen molar-refractivity contribution in [3.05, 3.63) is 0 Å². The smallest absolute Gasteiger partial charge is 0.225 e. The Hall–Kier alpha value is -0.570. The van der Waals surface area contributed by atoms with Gasteiger partial charge in [0.25, 0.3) is 0 Å². The van der Waals surface area contributed by atoms with Gasteiger partial charge in [0.15, 0.2) is 0 Å². The average molecular weight is 195 g/mol. The van der Waals surface area contributed by atoms with E-state index in [0.717, 1.165) is 38.8 Å². The Labute approximate surface area is 85.6 Å². The second kappa shape index (κ2) is 4.30. The van der Waals surface area contributed by atoms with Crippen LogP contribution in [0.25, 0.3) is 0 Å². The summed E-state index contributed by atoms with van der Waals surface area (Å²) >= 11 is 0. The number of hydrogen-bond acceptors (Lipinski definition) is 1. The van der Waals surface area contributed by atoms with Crippen molar-refractivity contribution in [2.24, 2.45) is 5.92 Å². The maximum atomic E-state index is 12.0. The molecule has 0 spiro atoms. The normalized spacial score (nSPS) is 33.4. The van der Waals surface area contributed by atoms with Crippen LogP contribution in [0.5, 0.6) is 0 Å². The fourth-order valence-electron chi connectivity index (χ4n) is 2.54. The molecule has 0 aromatic heterocycles. The number of nitrogens with one attached hydrogen (secondary N) is 1. The molecule has 1 N–H and O–H groups in total. The molecule has 1 saturated carbocycles. The van der Waals surface area contributed by atoms with E-state index in [4.69, 9.17) is 5.73 Å². The Bertz CT molecular complexity index is 203. The largest absolute Gasteiger partial charge is 0.342 e. The summed E-state index contributed by atoms with van der Waals surface area (Å²) in [5.74, 6) is 0.615. The van der Waals surface area contributed by atoms with Gasteiger partial charge in [-0.05, 0) is 38.5 Å². The van der Waals surface area contributed by atoms with Gasteiger partial charge < -0.3 is 4.90 Å². The van der Waals surface area contributed by atoms with E-state index in [1.54, 1.807) is 0 Å². The molecule has 2 rings (SSSR count). The summed E-state index contributed by atoms with van der Waals surface area (Å²) in [6, 6.07) is 0.0950. The van der Waals surface area contributed by atoms with Gasteiger partial charge in [-0.3, -0.25) is 10.5 Å². The zero-order chi connectivity index (χ0) is 9.97. The van der Waals surface area contributed by atoms with Crippen LogP contribution >= 0.6 is 0 Å². The maximum Gasteiger partial charge on any atom is 0.225 e. The molecule has 2 aliphatic rings. The van der Waals surface area contributed by atoms with Gasteiger partial charge in [0.2, 0.25) is 5.91 Å². The molecule has 0 unspecified atom stereocenters. The van der Waals surface area contributed by atoms with E-state index in [9.17, 15) is 4.79 Å². The number of amides is 1. The van der Waals surface area contributed by atoms with E-state index >= 15 is 0 Å². The standard InChI is InChI=1S/C11H19N2O/c12-10-5-3-9(4-6-10)11(14)13-7-1-2-8-13/h9-10,12H,1-8H2. The van der Waals surface area contributed by atoms with Gasteiger partial charge in [-0.15, -0.1) is 0 Å². The van der Waals surface area contributed by atoms with Crippen LogP contribution in [0.3, 0.4) is 0 Å². The molecular weight excluding hydrogens is 176 g/mol. The Kier molecular flexibility index (Phi) is 3.06. The van der Waals surface area contributed by atoms with Gasteiger partial charge >= 0.3 is 0 Å². The highest BCUT2D eigenvalue weighted by Gasteiger charge is 2.29. The minimum absolute atomic E-state index is 0.0950. The second-order valence-electron chi connectivity index (χ2n) is 4.58. The molecule has 0 bridgehead atoms. The SMILES string of the molecule is [NH]C1CCC(C(=O)N2CCCC2)CC1. The molecule has 14 heavy (non-hydrogen) atoms. The van der Waals surface area contributed by atoms with Crippen LogP contribution in [0.1, 0.15) is 38.5 Å². The van der Waals surface area contributed by atoms with Crippen molar-refractivity contribution in [3.8, 4) is 0 Å². The van der Waals surface area contributed by atoms with Crippen molar-refractivity contribution in [1.29, 1.82) is 0 Å². The van der Waals surface area contributed by atoms with Crippen LogP contribution in [-0.2, 0) is 4.79 Å². The molecule has 0 aromatic rings. The number of rotatable bonds is 1. The number of hydrogen-bond donors (Lipinski definition) is 0. The van der Waals surface area contributed by atoms with E-state index in [1.165, 1.54) is 12.8 Å². The summed E-state index contributed by atoms with van der Waals surface area (Å²) < 4.78 is 0. The van der Waals surface area contributed by atoms with Crippen LogP contribution in [0.2, 0.25) is 0 Å². The first-order chi connectivity index (χ1) is 6.77. The Morgan fingerprint density at radius 2 is 1.64 bits per heavy atom. The van der Waals surface area contributed by atoms with E-state index in [2.05, 4.69) is 0 Å². The molecule has 1 saturated heterocycles. The van der Waals surface area contributed by atoms with Gasteiger partial charge in [-0.2, -0.15) is 0 Å². The molecule has 3 heteroatoms.